The number of carbonyl (C=O) groups is 1. The first-order valence-corrected chi connectivity index (χ1v) is 7.39. The molecule has 2 aromatic heterocycles. The molecule has 0 aliphatic carbocycles. The van der Waals surface area contributed by atoms with Gasteiger partial charge < -0.3 is 4.74 Å². The van der Waals surface area contributed by atoms with Crippen LogP contribution in [-0.2, 0) is 9.53 Å². The summed E-state index contributed by atoms with van der Waals surface area (Å²) < 4.78 is 4.86. The molecule has 0 N–H and O–H groups in total. The standard InChI is InChI=1S/C14H14O2S2/c1-11(15)16-9-3-2-5-12-7-8-14(18-12)13-6-4-10-17-13/h2,4-8,10H,3,9H2,1H3. The second-order valence-electron chi connectivity index (χ2n) is 3.71. The van der Waals surface area contributed by atoms with Crippen LogP contribution in [0.3, 0.4) is 0 Å². The third-order valence-corrected chi connectivity index (χ3v) is 4.38. The van der Waals surface area contributed by atoms with Gasteiger partial charge in [-0.25, -0.2) is 0 Å². The molecule has 94 valence electrons. The maximum atomic E-state index is 10.6. The average molecular weight is 278 g/mol. The van der Waals surface area contributed by atoms with Crippen LogP contribution in [0.15, 0.2) is 35.7 Å². The molecule has 2 aromatic rings. The van der Waals surface area contributed by atoms with Crippen molar-refractivity contribution in [3.8, 4) is 9.75 Å². The smallest absolute Gasteiger partial charge is 0.302 e. The van der Waals surface area contributed by atoms with Crippen molar-refractivity contribution < 1.29 is 9.53 Å². The summed E-state index contributed by atoms with van der Waals surface area (Å²) in [5.41, 5.74) is 0. The third-order valence-electron chi connectivity index (χ3n) is 2.26. The van der Waals surface area contributed by atoms with Gasteiger partial charge in [0.25, 0.3) is 0 Å². The predicted molar refractivity (Wildman–Crippen MR) is 77.9 cm³/mol. The Morgan fingerprint density at radius 2 is 2.22 bits per heavy atom. The number of thiophene rings is 2. The molecule has 0 atom stereocenters. The quantitative estimate of drug-likeness (QED) is 0.597. The van der Waals surface area contributed by atoms with Gasteiger partial charge in [0.1, 0.15) is 0 Å². The molecule has 4 heteroatoms. The molecule has 0 amide bonds. The highest BCUT2D eigenvalue weighted by molar-refractivity contribution is 7.21. The van der Waals surface area contributed by atoms with Crippen molar-refractivity contribution in [3.63, 3.8) is 0 Å². The zero-order valence-electron chi connectivity index (χ0n) is 10.1. The van der Waals surface area contributed by atoms with E-state index in [0.717, 1.165) is 6.42 Å². The van der Waals surface area contributed by atoms with Crippen LogP contribution in [-0.4, -0.2) is 12.6 Å². The third kappa shape index (κ3) is 3.82. The van der Waals surface area contributed by atoms with Crippen molar-refractivity contribution in [1.82, 2.24) is 0 Å². The Balaban J connectivity index is 1.87. The molecule has 0 spiro atoms. The van der Waals surface area contributed by atoms with Gasteiger partial charge >= 0.3 is 5.97 Å². The van der Waals surface area contributed by atoms with Crippen molar-refractivity contribution in [1.29, 1.82) is 0 Å². The number of hydrogen-bond acceptors (Lipinski definition) is 4. The Morgan fingerprint density at radius 3 is 2.94 bits per heavy atom. The summed E-state index contributed by atoms with van der Waals surface area (Å²) in [7, 11) is 0. The van der Waals surface area contributed by atoms with Crippen LogP contribution in [0.5, 0.6) is 0 Å². The first-order valence-electron chi connectivity index (χ1n) is 5.69. The molecule has 2 rings (SSSR count). The number of ether oxygens (including phenoxy) is 1. The van der Waals surface area contributed by atoms with Gasteiger partial charge in [-0.1, -0.05) is 12.1 Å². The molecular weight excluding hydrogens is 264 g/mol. The van der Waals surface area contributed by atoms with E-state index >= 15 is 0 Å². The SMILES string of the molecule is CC(=O)OCCC=Cc1ccc(-c2cccs2)s1. The van der Waals surface area contributed by atoms with Crippen molar-refractivity contribution in [3.05, 3.63) is 40.6 Å². The molecule has 0 aliphatic rings. The summed E-state index contributed by atoms with van der Waals surface area (Å²) in [4.78, 5) is 14.4. The molecule has 0 radical (unpaired) electrons. The minimum atomic E-state index is -0.223. The molecule has 2 heterocycles. The van der Waals surface area contributed by atoms with E-state index in [1.54, 1.807) is 22.7 Å². The Bertz CT molecular complexity index is 524. The largest absolute Gasteiger partial charge is 0.466 e. The van der Waals surface area contributed by atoms with Crippen LogP contribution in [0, 0.1) is 0 Å². The van der Waals surface area contributed by atoms with E-state index < -0.39 is 0 Å². The van der Waals surface area contributed by atoms with Gasteiger partial charge in [-0.3, -0.25) is 4.79 Å². The summed E-state index contributed by atoms with van der Waals surface area (Å²) >= 11 is 3.52. The van der Waals surface area contributed by atoms with Crippen LogP contribution < -0.4 is 0 Å². The number of rotatable bonds is 5. The normalized spacial score (nSPS) is 10.9. The highest BCUT2D eigenvalue weighted by Crippen LogP contribution is 2.31. The Hall–Kier alpha value is -1.39. The summed E-state index contributed by atoms with van der Waals surface area (Å²) in [5.74, 6) is -0.223. The van der Waals surface area contributed by atoms with Crippen LogP contribution in [0.4, 0.5) is 0 Å². The molecule has 0 saturated carbocycles. The molecule has 0 unspecified atom stereocenters. The van der Waals surface area contributed by atoms with Crippen molar-refractivity contribution in [2.24, 2.45) is 0 Å². The lowest BCUT2D eigenvalue weighted by Crippen LogP contribution is -1.98. The first kappa shape index (κ1) is 13.1. The molecule has 0 aliphatic heterocycles. The minimum absolute atomic E-state index is 0.223. The summed E-state index contributed by atoms with van der Waals surface area (Å²) in [6.45, 7) is 1.88. The van der Waals surface area contributed by atoms with E-state index in [-0.39, 0.29) is 5.97 Å². The van der Waals surface area contributed by atoms with Crippen LogP contribution in [0.1, 0.15) is 18.2 Å². The second kappa shape index (κ2) is 6.52. The lowest BCUT2D eigenvalue weighted by Gasteiger charge is -1.96. The Labute approximate surface area is 115 Å². The molecule has 18 heavy (non-hydrogen) atoms. The van der Waals surface area contributed by atoms with Gasteiger partial charge in [0.15, 0.2) is 0 Å². The monoisotopic (exact) mass is 278 g/mol. The summed E-state index contributed by atoms with van der Waals surface area (Å²) in [5, 5.41) is 2.09. The maximum Gasteiger partial charge on any atom is 0.302 e. The summed E-state index contributed by atoms with van der Waals surface area (Å²) in [6.07, 6.45) is 4.87. The van der Waals surface area contributed by atoms with Gasteiger partial charge in [0.05, 0.1) is 6.61 Å². The number of esters is 1. The van der Waals surface area contributed by atoms with Crippen molar-refractivity contribution in [2.75, 3.05) is 6.61 Å². The number of carbonyl (C=O) groups excluding carboxylic acids is 1. The van der Waals surface area contributed by atoms with Gasteiger partial charge in [0.2, 0.25) is 0 Å². The fourth-order valence-electron chi connectivity index (χ4n) is 1.46. The average Bonchev–Trinajstić information content (AvgIpc) is 2.98. The Kier molecular flexibility index (Phi) is 4.73. The first-order chi connectivity index (χ1) is 8.75. The van der Waals surface area contributed by atoms with Crippen molar-refractivity contribution in [2.45, 2.75) is 13.3 Å². The van der Waals surface area contributed by atoms with E-state index in [1.165, 1.54) is 21.6 Å². The summed E-state index contributed by atoms with van der Waals surface area (Å²) in [6, 6.07) is 8.45. The van der Waals surface area contributed by atoms with Crippen LogP contribution in [0.25, 0.3) is 15.8 Å². The van der Waals surface area contributed by atoms with Gasteiger partial charge in [0, 0.05) is 21.6 Å². The highest BCUT2D eigenvalue weighted by Gasteiger charge is 2.01. The van der Waals surface area contributed by atoms with Crippen LogP contribution in [0.2, 0.25) is 0 Å². The zero-order chi connectivity index (χ0) is 12.8. The van der Waals surface area contributed by atoms with Gasteiger partial charge in [-0.2, -0.15) is 0 Å². The van der Waals surface area contributed by atoms with Crippen molar-refractivity contribution >= 4 is 34.7 Å². The maximum absolute atomic E-state index is 10.6. The van der Waals surface area contributed by atoms with Gasteiger partial charge in [-0.15, -0.1) is 22.7 Å². The lowest BCUT2D eigenvalue weighted by atomic mass is 10.3. The molecule has 0 bridgehead atoms. The minimum Gasteiger partial charge on any atom is -0.466 e. The molecule has 2 nitrogen and oxygen atoms in total. The molecular formula is C14H14O2S2. The molecule has 0 fully saturated rings. The highest BCUT2D eigenvalue weighted by atomic mass is 32.1. The second-order valence-corrected chi connectivity index (χ2v) is 5.77. The van der Waals surface area contributed by atoms with E-state index in [4.69, 9.17) is 4.74 Å². The topological polar surface area (TPSA) is 26.3 Å². The zero-order valence-corrected chi connectivity index (χ0v) is 11.7. The fraction of sp³-hybridized carbons (Fsp3) is 0.214. The fourth-order valence-corrected chi connectivity index (χ4v) is 3.24. The lowest BCUT2D eigenvalue weighted by molar-refractivity contribution is -0.140. The molecule has 0 aromatic carbocycles. The van der Waals surface area contributed by atoms with E-state index in [1.807, 2.05) is 6.08 Å². The van der Waals surface area contributed by atoms with E-state index in [2.05, 4.69) is 35.7 Å². The number of hydrogen-bond donors (Lipinski definition) is 0. The van der Waals surface area contributed by atoms with E-state index in [0.29, 0.717) is 6.61 Å². The van der Waals surface area contributed by atoms with Gasteiger partial charge in [-0.05, 0) is 36.1 Å². The molecule has 0 saturated heterocycles. The van der Waals surface area contributed by atoms with Crippen LogP contribution >= 0.6 is 22.7 Å². The van der Waals surface area contributed by atoms with E-state index in [9.17, 15) is 4.79 Å². The predicted octanol–water partition coefficient (Wildman–Crippen LogP) is 4.44. The Morgan fingerprint density at radius 1 is 1.33 bits per heavy atom.